The summed E-state index contributed by atoms with van der Waals surface area (Å²) in [6.45, 7) is 1.91. The molecular formula is C13H11Cl2NOS. The molecule has 1 heterocycles. The molecule has 0 saturated heterocycles. The van der Waals surface area contributed by atoms with Crippen molar-refractivity contribution in [3.05, 3.63) is 56.2 Å². The van der Waals surface area contributed by atoms with Gasteiger partial charge in [0.25, 0.3) is 5.91 Å². The van der Waals surface area contributed by atoms with E-state index >= 15 is 0 Å². The van der Waals surface area contributed by atoms with Crippen molar-refractivity contribution in [2.75, 3.05) is 0 Å². The minimum absolute atomic E-state index is 0.0800. The third-order valence-corrected chi connectivity index (χ3v) is 4.14. The average Bonchev–Trinajstić information content (AvgIpc) is 2.86. The van der Waals surface area contributed by atoms with Crippen LogP contribution < -0.4 is 5.32 Å². The van der Waals surface area contributed by atoms with Crippen LogP contribution >= 0.6 is 34.5 Å². The Morgan fingerprint density at radius 1 is 1.28 bits per heavy atom. The van der Waals surface area contributed by atoms with Gasteiger partial charge in [-0.05, 0) is 36.1 Å². The molecule has 0 bridgehead atoms. The molecule has 0 aliphatic carbocycles. The monoisotopic (exact) mass is 299 g/mol. The lowest BCUT2D eigenvalue weighted by atomic mass is 10.1. The van der Waals surface area contributed by atoms with E-state index < -0.39 is 0 Å². The van der Waals surface area contributed by atoms with Crippen molar-refractivity contribution in [1.29, 1.82) is 0 Å². The summed E-state index contributed by atoms with van der Waals surface area (Å²) in [4.78, 5) is 12.6. The quantitative estimate of drug-likeness (QED) is 0.885. The molecule has 0 saturated carbocycles. The zero-order valence-electron chi connectivity index (χ0n) is 9.61. The molecule has 0 fully saturated rings. The van der Waals surface area contributed by atoms with Crippen LogP contribution in [0.5, 0.6) is 0 Å². The lowest BCUT2D eigenvalue weighted by molar-refractivity contribution is 0.0944. The van der Waals surface area contributed by atoms with Crippen LogP contribution in [0.1, 0.15) is 28.2 Å². The molecule has 2 aromatic rings. The van der Waals surface area contributed by atoms with Gasteiger partial charge in [-0.15, -0.1) is 11.3 Å². The van der Waals surface area contributed by atoms with Gasteiger partial charge >= 0.3 is 0 Å². The van der Waals surface area contributed by atoms with Gasteiger partial charge in [0.05, 0.1) is 21.0 Å². The molecule has 5 heteroatoms. The standard InChI is InChI=1S/C13H11Cl2NOS/c1-8(9-4-5-10(14)11(15)7-9)16-13(17)12-3-2-6-18-12/h2-8H,1H3,(H,16,17). The van der Waals surface area contributed by atoms with Gasteiger partial charge in [-0.2, -0.15) is 0 Å². The number of rotatable bonds is 3. The van der Waals surface area contributed by atoms with Crippen LogP contribution in [0.2, 0.25) is 10.0 Å². The number of amides is 1. The average molecular weight is 300 g/mol. The summed E-state index contributed by atoms with van der Waals surface area (Å²) in [6, 6.07) is 8.88. The largest absolute Gasteiger partial charge is 0.345 e. The Morgan fingerprint density at radius 2 is 2.06 bits per heavy atom. The molecule has 94 valence electrons. The SMILES string of the molecule is CC(NC(=O)c1cccs1)c1ccc(Cl)c(Cl)c1. The maximum absolute atomic E-state index is 11.9. The lowest BCUT2D eigenvalue weighted by Crippen LogP contribution is -2.25. The normalized spacial score (nSPS) is 12.2. The minimum atomic E-state index is -0.116. The Morgan fingerprint density at radius 3 is 2.67 bits per heavy atom. The van der Waals surface area contributed by atoms with Crippen LogP contribution in [-0.2, 0) is 0 Å². The second kappa shape index (κ2) is 5.74. The van der Waals surface area contributed by atoms with Gasteiger partial charge in [0.2, 0.25) is 0 Å². The molecule has 2 rings (SSSR count). The molecule has 0 aliphatic heterocycles. The summed E-state index contributed by atoms with van der Waals surface area (Å²) in [5, 5.41) is 5.79. The molecule has 0 radical (unpaired) electrons. The van der Waals surface area contributed by atoms with E-state index in [1.807, 2.05) is 24.4 Å². The summed E-state index contributed by atoms with van der Waals surface area (Å²) < 4.78 is 0. The van der Waals surface area contributed by atoms with E-state index in [9.17, 15) is 4.79 Å². The molecule has 1 atom stereocenters. The Balaban J connectivity index is 2.10. The zero-order valence-corrected chi connectivity index (χ0v) is 11.9. The highest BCUT2D eigenvalue weighted by Crippen LogP contribution is 2.25. The summed E-state index contributed by atoms with van der Waals surface area (Å²) in [5.74, 6) is -0.0800. The van der Waals surface area contributed by atoms with E-state index in [0.717, 1.165) is 5.56 Å². The topological polar surface area (TPSA) is 29.1 Å². The summed E-state index contributed by atoms with van der Waals surface area (Å²) in [5.41, 5.74) is 0.925. The molecule has 1 aromatic heterocycles. The van der Waals surface area contributed by atoms with Crippen LogP contribution in [0, 0.1) is 0 Å². The van der Waals surface area contributed by atoms with E-state index in [1.54, 1.807) is 18.2 Å². The molecular weight excluding hydrogens is 289 g/mol. The number of thiophene rings is 1. The first kappa shape index (κ1) is 13.4. The van der Waals surface area contributed by atoms with E-state index in [4.69, 9.17) is 23.2 Å². The predicted molar refractivity (Wildman–Crippen MR) is 76.7 cm³/mol. The van der Waals surface area contributed by atoms with Gasteiger partial charge in [0.1, 0.15) is 0 Å². The minimum Gasteiger partial charge on any atom is -0.345 e. The number of carbonyl (C=O) groups is 1. The maximum Gasteiger partial charge on any atom is 0.261 e. The summed E-state index contributed by atoms with van der Waals surface area (Å²) in [7, 11) is 0. The predicted octanol–water partition coefficient (Wildman–Crippen LogP) is 4.55. The highest BCUT2D eigenvalue weighted by atomic mass is 35.5. The zero-order chi connectivity index (χ0) is 13.1. The number of nitrogens with one attached hydrogen (secondary N) is 1. The van der Waals surface area contributed by atoms with E-state index in [-0.39, 0.29) is 11.9 Å². The molecule has 1 unspecified atom stereocenters. The lowest BCUT2D eigenvalue weighted by Gasteiger charge is -2.14. The molecule has 1 N–H and O–H groups in total. The highest BCUT2D eigenvalue weighted by molar-refractivity contribution is 7.12. The summed E-state index contributed by atoms with van der Waals surface area (Å²) in [6.07, 6.45) is 0. The molecule has 2 nitrogen and oxygen atoms in total. The first-order valence-electron chi connectivity index (χ1n) is 5.37. The Labute approximate surface area is 120 Å². The van der Waals surface area contributed by atoms with Gasteiger partial charge < -0.3 is 5.32 Å². The van der Waals surface area contributed by atoms with Gasteiger partial charge in [0.15, 0.2) is 0 Å². The Bertz CT molecular complexity index is 554. The molecule has 0 spiro atoms. The van der Waals surface area contributed by atoms with Crippen molar-refractivity contribution in [2.24, 2.45) is 0 Å². The Kier molecular flexibility index (Phi) is 4.27. The fourth-order valence-electron chi connectivity index (χ4n) is 1.54. The second-order valence-corrected chi connectivity index (χ2v) is 5.61. The van der Waals surface area contributed by atoms with Gasteiger partial charge in [-0.3, -0.25) is 4.79 Å². The molecule has 1 amide bonds. The third-order valence-electron chi connectivity index (χ3n) is 2.54. The fourth-order valence-corrected chi connectivity index (χ4v) is 2.47. The van der Waals surface area contributed by atoms with Crippen molar-refractivity contribution in [1.82, 2.24) is 5.32 Å². The van der Waals surface area contributed by atoms with E-state index in [0.29, 0.717) is 14.9 Å². The van der Waals surface area contributed by atoms with Crippen molar-refractivity contribution in [3.63, 3.8) is 0 Å². The van der Waals surface area contributed by atoms with E-state index in [1.165, 1.54) is 11.3 Å². The first-order chi connectivity index (χ1) is 8.58. The third kappa shape index (κ3) is 3.05. The van der Waals surface area contributed by atoms with Crippen LogP contribution in [-0.4, -0.2) is 5.91 Å². The number of hydrogen-bond acceptors (Lipinski definition) is 2. The number of carbonyl (C=O) groups excluding carboxylic acids is 1. The summed E-state index contributed by atoms with van der Waals surface area (Å²) >= 11 is 13.2. The van der Waals surface area contributed by atoms with Crippen molar-refractivity contribution >= 4 is 40.4 Å². The van der Waals surface area contributed by atoms with Crippen LogP contribution in [0.25, 0.3) is 0 Å². The Hall–Kier alpha value is -1.03. The molecule has 18 heavy (non-hydrogen) atoms. The molecule has 1 aromatic carbocycles. The van der Waals surface area contributed by atoms with Crippen molar-refractivity contribution < 1.29 is 4.79 Å². The van der Waals surface area contributed by atoms with Crippen molar-refractivity contribution in [3.8, 4) is 0 Å². The molecule has 0 aliphatic rings. The second-order valence-electron chi connectivity index (χ2n) is 3.85. The number of hydrogen-bond donors (Lipinski definition) is 1. The van der Waals surface area contributed by atoms with E-state index in [2.05, 4.69) is 5.32 Å². The van der Waals surface area contributed by atoms with Gasteiger partial charge in [0, 0.05) is 0 Å². The van der Waals surface area contributed by atoms with Crippen molar-refractivity contribution in [2.45, 2.75) is 13.0 Å². The first-order valence-corrected chi connectivity index (χ1v) is 7.01. The van der Waals surface area contributed by atoms with Crippen LogP contribution in [0.15, 0.2) is 35.7 Å². The highest BCUT2D eigenvalue weighted by Gasteiger charge is 2.12. The number of benzene rings is 1. The van der Waals surface area contributed by atoms with Crippen LogP contribution in [0.3, 0.4) is 0 Å². The maximum atomic E-state index is 11.9. The smallest absolute Gasteiger partial charge is 0.261 e. The van der Waals surface area contributed by atoms with Gasteiger partial charge in [-0.25, -0.2) is 0 Å². The van der Waals surface area contributed by atoms with Gasteiger partial charge in [-0.1, -0.05) is 35.3 Å². The fraction of sp³-hybridized carbons (Fsp3) is 0.154. The van der Waals surface area contributed by atoms with Crippen LogP contribution in [0.4, 0.5) is 0 Å². The number of halogens is 2.